The van der Waals surface area contributed by atoms with Crippen LogP contribution in [-0.4, -0.2) is 12.4 Å². The lowest BCUT2D eigenvalue weighted by atomic mass is 10.2. The third kappa shape index (κ3) is 2.24. The highest BCUT2D eigenvalue weighted by molar-refractivity contribution is 5.35. The number of ether oxygens (including phenoxy) is 2. The topological polar surface area (TPSA) is 18.5 Å². The first-order valence-electron chi connectivity index (χ1n) is 4.99. The monoisotopic (exact) mass is 200 g/mol. The van der Waals surface area contributed by atoms with Crippen molar-refractivity contribution in [1.29, 1.82) is 0 Å². The Bertz CT molecular complexity index is 415. The first-order valence-corrected chi connectivity index (χ1v) is 4.99. The molecule has 2 heteroatoms. The first kappa shape index (κ1) is 9.90. The zero-order valence-electron chi connectivity index (χ0n) is 8.67. The largest absolute Gasteiger partial charge is 0.458 e. The third-order valence-corrected chi connectivity index (χ3v) is 2.28. The Balaban J connectivity index is 2.01. The van der Waals surface area contributed by atoms with Gasteiger partial charge < -0.3 is 9.47 Å². The van der Waals surface area contributed by atoms with Crippen molar-refractivity contribution >= 4 is 0 Å². The molecule has 1 saturated heterocycles. The summed E-state index contributed by atoms with van der Waals surface area (Å²) in [4.78, 5) is 0. The number of hydrogen-bond donors (Lipinski definition) is 0. The van der Waals surface area contributed by atoms with E-state index in [1.54, 1.807) is 13.0 Å². The zero-order chi connectivity index (χ0) is 10.6. The van der Waals surface area contributed by atoms with Gasteiger partial charge in [0.2, 0.25) is 5.79 Å². The second-order valence-corrected chi connectivity index (χ2v) is 3.39. The van der Waals surface area contributed by atoms with Crippen molar-refractivity contribution in [2.45, 2.75) is 25.6 Å². The number of allylic oxidation sites excluding steroid dienone is 2. The van der Waals surface area contributed by atoms with E-state index in [-0.39, 0.29) is 0 Å². The lowest BCUT2D eigenvalue weighted by molar-refractivity contribution is -0.135. The highest BCUT2D eigenvalue weighted by atomic mass is 16.7. The van der Waals surface area contributed by atoms with E-state index >= 15 is 0 Å². The average Bonchev–Trinajstić information content (AvgIpc) is 2.85. The number of hydrogen-bond acceptors (Lipinski definition) is 2. The minimum Gasteiger partial charge on any atom is -0.458 e. The molecule has 1 atom stereocenters. The summed E-state index contributed by atoms with van der Waals surface area (Å²) in [7, 11) is 0. The molecule has 0 bridgehead atoms. The van der Waals surface area contributed by atoms with Gasteiger partial charge in [-0.25, -0.2) is 0 Å². The predicted molar refractivity (Wildman–Crippen MR) is 57.5 cm³/mol. The van der Waals surface area contributed by atoms with Gasteiger partial charge in [0.15, 0.2) is 0 Å². The molecule has 0 aromatic heterocycles. The van der Waals surface area contributed by atoms with E-state index in [9.17, 15) is 0 Å². The molecule has 2 rings (SSSR count). The van der Waals surface area contributed by atoms with Crippen LogP contribution in [0.15, 0.2) is 24.0 Å². The molecule has 2 aliphatic heterocycles. The molecule has 2 aliphatic rings. The Hall–Kier alpha value is -1.64. The van der Waals surface area contributed by atoms with Gasteiger partial charge in [-0.2, -0.15) is 0 Å². The molecule has 0 saturated carbocycles. The van der Waals surface area contributed by atoms with E-state index in [1.165, 1.54) is 0 Å². The standard InChI is InChI=1S/C13H12O2/c1-2-3-4-5-7-12-8-10-13(15-12)9-6-11-14-13/h7-8,10H,6,9,11H2,1H3/b12-7+/t13-/m0/s1. The van der Waals surface area contributed by atoms with Gasteiger partial charge in [-0.05, 0) is 37.3 Å². The van der Waals surface area contributed by atoms with Gasteiger partial charge >= 0.3 is 0 Å². The van der Waals surface area contributed by atoms with Gasteiger partial charge in [-0.3, -0.25) is 0 Å². The van der Waals surface area contributed by atoms with Crippen molar-refractivity contribution in [2.24, 2.45) is 0 Å². The Morgan fingerprint density at radius 3 is 3.13 bits per heavy atom. The summed E-state index contributed by atoms with van der Waals surface area (Å²) in [6.45, 7) is 2.53. The normalized spacial score (nSPS) is 29.5. The summed E-state index contributed by atoms with van der Waals surface area (Å²) in [6, 6.07) is 0. The van der Waals surface area contributed by atoms with Crippen LogP contribution in [0.3, 0.4) is 0 Å². The van der Waals surface area contributed by atoms with Crippen molar-refractivity contribution in [3.8, 4) is 23.7 Å². The molecular weight excluding hydrogens is 188 g/mol. The van der Waals surface area contributed by atoms with Crippen LogP contribution in [0, 0.1) is 23.7 Å². The smallest absolute Gasteiger partial charge is 0.230 e. The molecule has 1 spiro atoms. The first-order chi connectivity index (χ1) is 7.35. The van der Waals surface area contributed by atoms with Crippen LogP contribution in [-0.2, 0) is 9.47 Å². The molecule has 0 N–H and O–H groups in total. The summed E-state index contributed by atoms with van der Waals surface area (Å²) >= 11 is 0. The maximum absolute atomic E-state index is 5.67. The fraction of sp³-hybridized carbons (Fsp3) is 0.385. The van der Waals surface area contributed by atoms with E-state index in [2.05, 4.69) is 23.7 Å². The highest BCUT2D eigenvalue weighted by Gasteiger charge is 2.38. The Kier molecular flexibility index (Phi) is 2.81. The Labute approximate surface area is 90.0 Å². The molecule has 15 heavy (non-hydrogen) atoms. The molecule has 76 valence electrons. The molecule has 0 radical (unpaired) electrons. The fourth-order valence-electron chi connectivity index (χ4n) is 1.61. The van der Waals surface area contributed by atoms with Crippen molar-refractivity contribution in [3.05, 3.63) is 24.0 Å². The van der Waals surface area contributed by atoms with E-state index in [1.807, 2.05) is 12.2 Å². The van der Waals surface area contributed by atoms with Crippen LogP contribution < -0.4 is 0 Å². The lowest BCUT2D eigenvalue weighted by Gasteiger charge is -2.20. The maximum atomic E-state index is 5.67. The van der Waals surface area contributed by atoms with Gasteiger partial charge in [0, 0.05) is 12.5 Å². The summed E-state index contributed by atoms with van der Waals surface area (Å²) in [5.41, 5.74) is 0. The second kappa shape index (κ2) is 4.26. The van der Waals surface area contributed by atoms with Gasteiger partial charge in [-0.1, -0.05) is 11.8 Å². The molecule has 1 fully saturated rings. The summed E-state index contributed by atoms with van der Waals surface area (Å²) in [5.74, 6) is 11.1. The molecule has 0 amide bonds. The lowest BCUT2D eigenvalue weighted by Crippen LogP contribution is -2.24. The van der Waals surface area contributed by atoms with Crippen molar-refractivity contribution < 1.29 is 9.47 Å². The second-order valence-electron chi connectivity index (χ2n) is 3.39. The van der Waals surface area contributed by atoms with Crippen molar-refractivity contribution in [1.82, 2.24) is 0 Å². The van der Waals surface area contributed by atoms with E-state index in [0.29, 0.717) is 0 Å². The fourth-order valence-corrected chi connectivity index (χ4v) is 1.61. The molecule has 2 heterocycles. The molecular formula is C13H12O2. The Morgan fingerprint density at radius 2 is 2.40 bits per heavy atom. The van der Waals surface area contributed by atoms with E-state index in [0.717, 1.165) is 25.2 Å². The SMILES string of the molecule is CC#CC#C/C=C1\C=C[C@]2(CCCO2)O1. The van der Waals surface area contributed by atoms with Gasteiger partial charge in [0.25, 0.3) is 0 Å². The van der Waals surface area contributed by atoms with Crippen molar-refractivity contribution in [3.63, 3.8) is 0 Å². The van der Waals surface area contributed by atoms with Gasteiger partial charge in [0.05, 0.1) is 6.61 Å². The minimum absolute atomic E-state index is 0.496. The van der Waals surface area contributed by atoms with Crippen LogP contribution in [0.25, 0.3) is 0 Å². The third-order valence-electron chi connectivity index (χ3n) is 2.28. The number of rotatable bonds is 0. The van der Waals surface area contributed by atoms with Crippen molar-refractivity contribution in [2.75, 3.05) is 6.61 Å². The molecule has 0 aromatic carbocycles. The van der Waals surface area contributed by atoms with Crippen LogP contribution in [0.4, 0.5) is 0 Å². The van der Waals surface area contributed by atoms with Crippen LogP contribution in [0.5, 0.6) is 0 Å². The molecule has 0 aliphatic carbocycles. The van der Waals surface area contributed by atoms with E-state index < -0.39 is 5.79 Å². The summed E-state index contributed by atoms with van der Waals surface area (Å²) < 4.78 is 11.2. The molecule has 0 aromatic rings. The van der Waals surface area contributed by atoms with Gasteiger partial charge in [-0.15, -0.1) is 0 Å². The predicted octanol–water partition coefficient (Wildman–Crippen LogP) is 1.99. The van der Waals surface area contributed by atoms with E-state index in [4.69, 9.17) is 9.47 Å². The Morgan fingerprint density at radius 1 is 1.47 bits per heavy atom. The summed E-state index contributed by atoms with van der Waals surface area (Å²) in [6.07, 6.45) is 7.54. The molecule has 0 unspecified atom stereocenters. The average molecular weight is 200 g/mol. The van der Waals surface area contributed by atoms with Gasteiger partial charge in [0.1, 0.15) is 5.76 Å². The van der Waals surface area contributed by atoms with Crippen LogP contribution in [0.1, 0.15) is 19.8 Å². The zero-order valence-corrected chi connectivity index (χ0v) is 8.67. The highest BCUT2D eigenvalue weighted by Crippen LogP contribution is 2.35. The maximum Gasteiger partial charge on any atom is 0.230 e. The van der Waals surface area contributed by atoms with Crippen LogP contribution >= 0.6 is 0 Å². The summed E-state index contributed by atoms with van der Waals surface area (Å²) in [5, 5.41) is 0. The quantitative estimate of drug-likeness (QED) is 0.557. The minimum atomic E-state index is -0.496. The van der Waals surface area contributed by atoms with Crippen LogP contribution in [0.2, 0.25) is 0 Å². The molecule has 2 nitrogen and oxygen atoms in total.